The van der Waals surface area contributed by atoms with E-state index in [1.807, 2.05) is 11.6 Å². The predicted molar refractivity (Wildman–Crippen MR) is 98.8 cm³/mol. The lowest BCUT2D eigenvalue weighted by Crippen LogP contribution is -2.55. The number of ether oxygens (including phenoxy) is 1. The van der Waals surface area contributed by atoms with E-state index in [0.29, 0.717) is 34.7 Å². The van der Waals surface area contributed by atoms with Crippen molar-refractivity contribution in [3.05, 3.63) is 11.6 Å². The highest BCUT2D eigenvalue weighted by Gasteiger charge is 2.51. The molecule has 2 heterocycles. The number of fused-ring (bicyclic) bond motifs is 4. The first-order chi connectivity index (χ1) is 12.5. The third kappa shape index (κ3) is 2.73. The minimum atomic E-state index is -0.162. The Bertz CT molecular complexity index is 838. The van der Waals surface area contributed by atoms with Crippen molar-refractivity contribution in [1.82, 2.24) is 19.5 Å². The lowest BCUT2D eigenvalue weighted by atomic mass is 9.56. The van der Waals surface area contributed by atoms with Crippen LogP contribution in [0.4, 0.5) is 5.82 Å². The van der Waals surface area contributed by atoms with Crippen LogP contribution >= 0.6 is 11.6 Å². The molecule has 140 valence electrons. The number of anilines is 1. The van der Waals surface area contributed by atoms with Crippen molar-refractivity contribution >= 4 is 34.6 Å². The number of carbonyl (C=O) groups excluding carboxylic acids is 1. The summed E-state index contributed by atoms with van der Waals surface area (Å²) in [5, 5.41) is 3.68. The van der Waals surface area contributed by atoms with Gasteiger partial charge in [-0.1, -0.05) is 13.3 Å². The maximum Gasteiger partial charge on any atom is 0.311 e. The van der Waals surface area contributed by atoms with Crippen LogP contribution in [0.2, 0.25) is 5.28 Å². The fourth-order valence-electron chi connectivity index (χ4n) is 5.06. The van der Waals surface area contributed by atoms with Crippen LogP contribution in [0.3, 0.4) is 0 Å². The summed E-state index contributed by atoms with van der Waals surface area (Å²) in [6.45, 7) is 2.21. The van der Waals surface area contributed by atoms with Crippen molar-refractivity contribution in [3.63, 3.8) is 0 Å². The number of esters is 1. The molecule has 2 bridgehead atoms. The molecule has 5 rings (SSSR count). The summed E-state index contributed by atoms with van der Waals surface area (Å²) in [4.78, 5) is 25.6. The molecular weight excluding hydrogens is 354 g/mol. The lowest BCUT2D eigenvalue weighted by Gasteiger charge is -2.51. The number of rotatable bonds is 4. The van der Waals surface area contributed by atoms with Crippen LogP contribution in [-0.4, -0.2) is 38.6 Å². The standard InChI is InChI=1S/C18H24ClN5O2/c1-4-9-7-10-5-6-11(9)12(17(25)26-3)13(10)21-15-14-16(23-18(19)22-15)24(2)8-20-14/h8-13H,4-7H2,1-3H3,(H,21,22,23)/t9-,10-,11+,12?,13+/m1/s1. The van der Waals surface area contributed by atoms with Gasteiger partial charge in [0.05, 0.1) is 19.4 Å². The second-order valence-corrected chi connectivity index (χ2v) is 7.83. The molecule has 5 atom stereocenters. The van der Waals surface area contributed by atoms with E-state index in [2.05, 4.69) is 27.2 Å². The third-order valence-electron chi connectivity index (χ3n) is 6.27. The summed E-state index contributed by atoms with van der Waals surface area (Å²) in [6, 6.07) is -0.0137. The van der Waals surface area contributed by atoms with E-state index in [9.17, 15) is 4.79 Å². The molecule has 3 fully saturated rings. The van der Waals surface area contributed by atoms with Crippen LogP contribution in [-0.2, 0) is 16.6 Å². The molecule has 8 heteroatoms. The Morgan fingerprint density at radius 2 is 2.23 bits per heavy atom. The fraction of sp³-hybridized carbons (Fsp3) is 0.667. The molecule has 0 saturated heterocycles. The number of carbonyl (C=O) groups is 1. The molecule has 0 radical (unpaired) electrons. The second kappa shape index (κ2) is 6.68. The Balaban J connectivity index is 1.72. The number of nitrogens with one attached hydrogen (secondary N) is 1. The Labute approximate surface area is 157 Å². The largest absolute Gasteiger partial charge is 0.469 e. The highest BCUT2D eigenvalue weighted by molar-refractivity contribution is 6.28. The van der Waals surface area contributed by atoms with Gasteiger partial charge in [0, 0.05) is 13.1 Å². The summed E-state index contributed by atoms with van der Waals surface area (Å²) in [7, 11) is 3.34. The number of imidazole rings is 1. The first kappa shape index (κ1) is 17.5. The van der Waals surface area contributed by atoms with E-state index in [1.165, 1.54) is 7.11 Å². The summed E-state index contributed by atoms with van der Waals surface area (Å²) < 4.78 is 6.97. The Morgan fingerprint density at radius 1 is 1.42 bits per heavy atom. The number of aryl methyl sites for hydroxylation is 1. The number of halogens is 1. The van der Waals surface area contributed by atoms with Crippen molar-refractivity contribution in [2.24, 2.45) is 30.7 Å². The molecule has 1 N–H and O–H groups in total. The van der Waals surface area contributed by atoms with Crippen LogP contribution in [0.15, 0.2) is 6.33 Å². The van der Waals surface area contributed by atoms with Crippen LogP contribution in [0.5, 0.6) is 0 Å². The minimum Gasteiger partial charge on any atom is -0.469 e. The molecule has 0 aliphatic heterocycles. The Hall–Kier alpha value is -1.89. The van der Waals surface area contributed by atoms with Gasteiger partial charge in [-0.25, -0.2) is 4.98 Å². The van der Waals surface area contributed by atoms with Crippen molar-refractivity contribution in [2.45, 2.75) is 38.6 Å². The van der Waals surface area contributed by atoms with Crippen LogP contribution < -0.4 is 5.32 Å². The number of nitrogens with zero attached hydrogens (tertiary/aromatic N) is 4. The molecule has 3 aliphatic carbocycles. The van der Waals surface area contributed by atoms with Gasteiger partial charge in [0.25, 0.3) is 0 Å². The van der Waals surface area contributed by atoms with Crippen molar-refractivity contribution < 1.29 is 9.53 Å². The maximum absolute atomic E-state index is 12.6. The SMILES string of the molecule is CC[C@@H]1C[C@H]2CC[C@@H]1C(C(=O)OC)[C@H]2Nc1nc(Cl)nc2c1ncn2C. The molecule has 0 spiro atoms. The number of methoxy groups -OCH3 is 1. The zero-order chi connectivity index (χ0) is 18.4. The van der Waals surface area contributed by atoms with Gasteiger partial charge in [0.2, 0.25) is 5.28 Å². The van der Waals surface area contributed by atoms with Crippen molar-refractivity contribution in [3.8, 4) is 0 Å². The van der Waals surface area contributed by atoms with Gasteiger partial charge < -0.3 is 14.6 Å². The fourth-order valence-corrected chi connectivity index (χ4v) is 5.22. The Kier molecular flexibility index (Phi) is 4.50. The summed E-state index contributed by atoms with van der Waals surface area (Å²) >= 11 is 6.13. The number of hydrogen-bond acceptors (Lipinski definition) is 6. The number of hydrogen-bond donors (Lipinski definition) is 1. The molecule has 3 saturated carbocycles. The number of aromatic nitrogens is 4. The van der Waals surface area contributed by atoms with Gasteiger partial charge >= 0.3 is 5.97 Å². The van der Waals surface area contributed by atoms with Gasteiger partial charge in [-0.05, 0) is 48.6 Å². The van der Waals surface area contributed by atoms with E-state index in [0.717, 1.165) is 25.7 Å². The van der Waals surface area contributed by atoms with Crippen molar-refractivity contribution in [2.75, 3.05) is 12.4 Å². The van der Waals surface area contributed by atoms with Crippen LogP contribution in [0.1, 0.15) is 32.6 Å². The topological polar surface area (TPSA) is 81.9 Å². The maximum atomic E-state index is 12.6. The molecule has 0 amide bonds. The molecule has 0 aromatic carbocycles. The Morgan fingerprint density at radius 3 is 2.96 bits per heavy atom. The smallest absolute Gasteiger partial charge is 0.311 e. The minimum absolute atomic E-state index is 0.0137. The summed E-state index contributed by atoms with van der Waals surface area (Å²) in [5.41, 5.74) is 1.35. The molecule has 1 unspecified atom stereocenters. The molecule has 2 aromatic heterocycles. The molecule has 3 aliphatic rings. The van der Waals surface area contributed by atoms with Gasteiger partial charge in [-0.15, -0.1) is 0 Å². The molecule has 7 nitrogen and oxygen atoms in total. The lowest BCUT2D eigenvalue weighted by molar-refractivity contribution is -0.154. The highest BCUT2D eigenvalue weighted by atomic mass is 35.5. The van der Waals surface area contributed by atoms with E-state index in [1.54, 1.807) is 6.33 Å². The average Bonchev–Trinajstić information content (AvgIpc) is 3.02. The zero-order valence-corrected chi connectivity index (χ0v) is 16.0. The quantitative estimate of drug-likeness (QED) is 0.651. The first-order valence-corrected chi connectivity index (χ1v) is 9.60. The summed E-state index contributed by atoms with van der Waals surface area (Å²) in [5.74, 6) is 1.66. The highest BCUT2D eigenvalue weighted by Crippen LogP contribution is 2.51. The second-order valence-electron chi connectivity index (χ2n) is 7.49. The van der Waals surface area contributed by atoms with Crippen molar-refractivity contribution in [1.29, 1.82) is 0 Å². The van der Waals surface area contributed by atoms with Crippen LogP contribution in [0.25, 0.3) is 11.2 Å². The van der Waals surface area contributed by atoms with Gasteiger partial charge in [0.15, 0.2) is 17.0 Å². The van der Waals surface area contributed by atoms with Gasteiger partial charge in [-0.2, -0.15) is 9.97 Å². The van der Waals surface area contributed by atoms with E-state index in [4.69, 9.17) is 16.3 Å². The van der Waals surface area contributed by atoms with Gasteiger partial charge in [-0.3, -0.25) is 4.79 Å². The monoisotopic (exact) mass is 377 g/mol. The molecule has 2 aromatic rings. The first-order valence-electron chi connectivity index (χ1n) is 9.22. The van der Waals surface area contributed by atoms with E-state index >= 15 is 0 Å². The molecule has 26 heavy (non-hydrogen) atoms. The van der Waals surface area contributed by atoms with Gasteiger partial charge in [0.1, 0.15) is 0 Å². The zero-order valence-electron chi connectivity index (χ0n) is 15.3. The third-order valence-corrected chi connectivity index (χ3v) is 6.44. The normalized spacial score (nSPS) is 30.5. The molecular formula is C18H24ClN5O2. The average molecular weight is 378 g/mol. The predicted octanol–water partition coefficient (Wildman–Crippen LogP) is 3.04. The van der Waals surface area contributed by atoms with E-state index < -0.39 is 0 Å². The summed E-state index contributed by atoms with van der Waals surface area (Å²) in [6.07, 6.45) is 6.14. The van der Waals surface area contributed by atoms with E-state index in [-0.39, 0.29) is 23.2 Å². The van der Waals surface area contributed by atoms with Crippen LogP contribution in [0, 0.1) is 23.7 Å².